The van der Waals surface area contributed by atoms with Crippen LogP contribution in [0.5, 0.6) is 5.75 Å². The van der Waals surface area contributed by atoms with E-state index < -0.39 is 9.84 Å². The molecule has 0 aliphatic carbocycles. The van der Waals surface area contributed by atoms with E-state index in [-0.39, 0.29) is 10.0 Å². The van der Waals surface area contributed by atoms with Crippen molar-refractivity contribution in [3.63, 3.8) is 0 Å². The lowest BCUT2D eigenvalue weighted by Gasteiger charge is -2.03. The fraction of sp³-hybridized carbons (Fsp3) is 0.158. The standard InChI is InChI=1S/C19H16ClN3O3S/c1-26-13-5-3-12(4-6-13)10-23-11-16-15-9-14(27(2,24)25)7-8-17(15)21-19(20)18(16)22-23/h3-9,11H,10H2,1-2H3. The van der Waals surface area contributed by atoms with Crippen molar-refractivity contribution in [3.8, 4) is 5.75 Å². The largest absolute Gasteiger partial charge is 0.497 e. The summed E-state index contributed by atoms with van der Waals surface area (Å²) in [6.45, 7) is 0.544. The van der Waals surface area contributed by atoms with Crippen LogP contribution in [0.15, 0.2) is 53.6 Å². The molecule has 138 valence electrons. The third-order valence-corrected chi connectivity index (χ3v) is 5.74. The number of fused-ring (bicyclic) bond motifs is 3. The summed E-state index contributed by atoms with van der Waals surface area (Å²) in [5.41, 5.74) is 2.22. The highest BCUT2D eigenvalue weighted by atomic mass is 35.5. The molecule has 27 heavy (non-hydrogen) atoms. The van der Waals surface area contributed by atoms with Crippen LogP contribution in [-0.2, 0) is 16.4 Å². The molecule has 0 saturated carbocycles. The number of hydrogen-bond acceptors (Lipinski definition) is 5. The molecular weight excluding hydrogens is 386 g/mol. The van der Waals surface area contributed by atoms with Gasteiger partial charge in [0, 0.05) is 23.2 Å². The van der Waals surface area contributed by atoms with Crippen LogP contribution in [0.4, 0.5) is 0 Å². The van der Waals surface area contributed by atoms with Crippen molar-refractivity contribution in [1.82, 2.24) is 14.8 Å². The van der Waals surface area contributed by atoms with Gasteiger partial charge in [0.15, 0.2) is 15.0 Å². The van der Waals surface area contributed by atoms with E-state index in [1.807, 2.05) is 30.5 Å². The van der Waals surface area contributed by atoms with Crippen molar-refractivity contribution < 1.29 is 13.2 Å². The van der Waals surface area contributed by atoms with Gasteiger partial charge in [-0.15, -0.1) is 0 Å². The molecule has 0 spiro atoms. The summed E-state index contributed by atoms with van der Waals surface area (Å²) in [5.74, 6) is 0.788. The average Bonchev–Trinajstić information content (AvgIpc) is 3.06. The van der Waals surface area contributed by atoms with Gasteiger partial charge in [-0.25, -0.2) is 13.4 Å². The van der Waals surface area contributed by atoms with Gasteiger partial charge in [0.1, 0.15) is 11.3 Å². The lowest BCUT2D eigenvalue weighted by molar-refractivity contribution is 0.414. The smallest absolute Gasteiger partial charge is 0.175 e. The van der Waals surface area contributed by atoms with Gasteiger partial charge in [0.25, 0.3) is 0 Å². The minimum atomic E-state index is -3.32. The first-order valence-electron chi connectivity index (χ1n) is 8.14. The molecule has 0 radical (unpaired) electrons. The Balaban J connectivity index is 1.84. The number of rotatable bonds is 4. The van der Waals surface area contributed by atoms with Crippen molar-refractivity contribution >= 4 is 43.2 Å². The summed E-state index contributed by atoms with van der Waals surface area (Å²) in [5, 5.41) is 6.30. The van der Waals surface area contributed by atoms with E-state index in [0.29, 0.717) is 23.0 Å². The van der Waals surface area contributed by atoms with Crippen LogP contribution in [0.2, 0.25) is 5.15 Å². The molecule has 2 heterocycles. The quantitative estimate of drug-likeness (QED) is 0.487. The van der Waals surface area contributed by atoms with Gasteiger partial charge in [-0.05, 0) is 35.9 Å². The van der Waals surface area contributed by atoms with E-state index in [2.05, 4.69) is 10.1 Å². The summed E-state index contributed by atoms with van der Waals surface area (Å²) < 4.78 is 30.7. The molecule has 0 aliphatic heterocycles. The molecule has 4 rings (SSSR count). The summed E-state index contributed by atoms with van der Waals surface area (Å²) in [6.07, 6.45) is 3.04. The molecule has 0 saturated heterocycles. The number of nitrogens with zero attached hydrogens (tertiary/aromatic N) is 3. The highest BCUT2D eigenvalue weighted by Crippen LogP contribution is 2.30. The maximum atomic E-state index is 11.9. The maximum Gasteiger partial charge on any atom is 0.175 e. The topological polar surface area (TPSA) is 74.1 Å². The Kier molecular flexibility index (Phi) is 4.28. The van der Waals surface area contributed by atoms with Crippen LogP contribution in [0, 0.1) is 0 Å². The molecule has 0 atom stereocenters. The van der Waals surface area contributed by atoms with Crippen LogP contribution in [0.25, 0.3) is 21.8 Å². The van der Waals surface area contributed by atoms with Crippen molar-refractivity contribution in [3.05, 3.63) is 59.4 Å². The number of halogens is 1. The van der Waals surface area contributed by atoms with Crippen molar-refractivity contribution in [2.45, 2.75) is 11.4 Å². The maximum absolute atomic E-state index is 11.9. The molecule has 0 fully saturated rings. The molecule has 0 aliphatic rings. The molecule has 0 bridgehead atoms. The van der Waals surface area contributed by atoms with E-state index in [1.165, 1.54) is 12.3 Å². The molecule has 0 N–H and O–H groups in total. The van der Waals surface area contributed by atoms with Crippen LogP contribution in [-0.4, -0.2) is 36.5 Å². The summed E-state index contributed by atoms with van der Waals surface area (Å²) in [4.78, 5) is 4.59. The molecule has 2 aromatic heterocycles. The number of methoxy groups -OCH3 is 1. The normalized spacial score (nSPS) is 12.0. The molecule has 0 amide bonds. The fourth-order valence-corrected chi connectivity index (χ4v) is 3.87. The predicted molar refractivity (Wildman–Crippen MR) is 105 cm³/mol. The average molecular weight is 402 g/mol. The number of ether oxygens (including phenoxy) is 1. The highest BCUT2D eigenvalue weighted by molar-refractivity contribution is 7.90. The fourth-order valence-electron chi connectivity index (χ4n) is 2.99. The number of hydrogen-bond donors (Lipinski definition) is 0. The lowest BCUT2D eigenvalue weighted by atomic mass is 10.1. The Hall–Kier alpha value is -2.64. The first-order chi connectivity index (χ1) is 12.8. The van der Waals surface area contributed by atoms with Crippen LogP contribution >= 0.6 is 11.6 Å². The summed E-state index contributed by atoms with van der Waals surface area (Å²) >= 11 is 6.30. The second-order valence-corrected chi connectivity index (χ2v) is 8.66. The van der Waals surface area contributed by atoms with Crippen molar-refractivity contribution in [2.75, 3.05) is 13.4 Å². The van der Waals surface area contributed by atoms with Gasteiger partial charge in [0.05, 0.1) is 24.1 Å². The second-order valence-electron chi connectivity index (χ2n) is 6.29. The Bertz CT molecular complexity index is 1270. The van der Waals surface area contributed by atoms with Crippen LogP contribution in [0.3, 0.4) is 0 Å². The number of aromatic nitrogens is 3. The zero-order valence-corrected chi connectivity index (χ0v) is 16.3. The summed E-state index contributed by atoms with van der Waals surface area (Å²) in [7, 11) is -1.70. The van der Waals surface area contributed by atoms with Gasteiger partial charge < -0.3 is 4.74 Å². The molecule has 2 aromatic carbocycles. The van der Waals surface area contributed by atoms with E-state index in [1.54, 1.807) is 23.9 Å². The number of pyridine rings is 1. The first kappa shape index (κ1) is 17.8. The van der Waals surface area contributed by atoms with E-state index in [0.717, 1.165) is 16.7 Å². The molecule has 8 heteroatoms. The van der Waals surface area contributed by atoms with E-state index >= 15 is 0 Å². The Morgan fingerprint density at radius 1 is 1.11 bits per heavy atom. The Morgan fingerprint density at radius 3 is 2.52 bits per heavy atom. The second kappa shape index (κ2) is 6.51. The van der Waals surface area contributed by atoms with Gasteiger partial charge in [-0.3, -0.25) is 4.68 Å². The number of benzene rings is 2. The number of sulfone groups is 1. The minimum Gasteiger partial charge on any atom is -0.497 e. The van der Waals surface area contributed by atoms with Crippen LogP contribution in [0.1, 0.15) is 5.56 Å². The van der Waals surface area contributed by atoms with Gasteiger partial charge >= 0.3 is 0 Å². The first-order valence-corrected chi connectivity index (χ1v) is 10.4. The SMILES string of the molecule is COc1ccc(Cn2cc3c(n2)c(Cl)nc2ccc(S(C)(=O)=O)cc23)cc1. The van der Waals surface area contributed by atoms with Crippen molar-refractivity contribution in [1.29, 1.82) is 0 Å². The monoisotopic (exact) mass is 401 g/mol. The molecule has 6 nitrogen and oxygen atoms in total. The van der Waals surface area contributed by atoms with Gasteiger partial charge in [-0.1, -0.05) is 23.7 Å². The molecule has 0 unspecified atom stereocenters. The third kappa shape index (κ3) is 3.36. The summed E-state index contributed by atoms with van der Waals surface area (Å²) in [6, 6.07) is 12.5. The van der Waals surface area contributed by atoms with Crippen molar-refractivity contribution in [2.24, 2.45) is 0 Å². The van der Waals surface area contributed by atoms with Gasteiger partial charge in [-0.2, -0.15) is 5.10 Å². The molecular formula is C19H16ClN3O3S. The van der Waals surface area contributed by atoms with Crippen LogP contribution < -0.4 is 4.74 Å². The minimum absolute atomic E-state index is 0.239. The predicted octanol–water partition coefficient (Wildman–Crippen LogP) is 3.70. The van der Waals surface area contributed by atoms with E-state index in [4.69, 9.17) is 16.3 Å². The molecule has 4 aromatic rings. The lowest BCUT2D eigenvalue weighted by Crippen LogP contribution is -1.99. The third-order valence-electron chi connectivity index (χ3n) is 4.37. The van der Waals surface area contributed by atoms with E-state index in [9.17, 15) is 8.42 Å². The van der Waals surface area contributed by atoms with Gasteiger partial charge in [0.2, 0.25) is 0 Å². The zero-order chi connectivity index (χ0) is 19.2. The highest BCUT2D eigenvalue weighted by Gasteiger charge is 2.15. The Morgan fingerprint density at radius 2 is 1.85 bits per heavy atom. The zero-order valence-electron chi connectivity index (χ0n) is 14.7. The Labute approximate surface area is 161 Å².